The molecule has 90 heavy (non-hydrogen) atoms. The van der Waals surface area contributed by atoms with Crippen molar-refractivity contribution in [3.63, 3.8) is 0 Å². The average Bonchev–Trinajstić information content (AvgIpc) is 0.664. The molecule has 9 unspecified atom stereocenters. The van der Waals surface area contributed by atoms with Crippen LogP contribution in [0.1, 0.15) is 245 Å². The molecule has 0 radical (unpaired) electrons. The quantitative estimate of drug-likeness (QED) is 0.0666. The summed E-state index contributed by atoms with van der Waals surface area (Å²) < 4.78 is 491. The van der Waals surface area contributed by atoms with Gasteiger partial charge in [-0.15, -0.1) is 0 Å². The number of rotatable bonds is 21. The van der Waals surface area contributed by atoms with Crippen molar-refractivity contribution in [1.82, 2.24) is 14.7 Å². The van der Waals surface area contributed by atoms with Crippen molar-refractivity contribution in [2.45, 2.75) is 195 Å². The summed E-state index contributed by atoms with van der Waals surface area (Å²) in [7, 11) is -1.91. The maximum absolute atomic E-state index is 13.7. The number of nitrogens with zero attached hydrogens (tertiary/aromatic N) is 3. The average molecular weight is 1310 g/mol. The van der Waals surface area contributed by atoms with Gasteiger partial charge >= 0.3 is 17.9 Å². The lowest BCUT2D eigenvalue weighted by Gasteiger charge is -2.47. The molecule has 9 rings (SSSR count). The number of esters is 3. The minimum absolute atomic E-state index is 0.0800. The fourth-order valence-corrected chi connectivity index (χ4v) is 10.00. The minimum atomic E-state index is -4.10. The molecule has 6 N–H and O–H groups in total. The van der Waals surface area contributed by atoms with Crippen LogP contribution in [0.4, 0.5) is 0 Å². The summed E-state index contributed by atoms with van der Waals surface area (Å²) in [5.41, 5.74) is 14.9. The van der Waals surface area contributed by atoms with E-state index < -0.39 is 316 Å². The first kappa shape index (κ1) is 28.7. The van der Waals surface area contributed by atoms with Crippen LogP contribution in [0.15, 0.2) is 36.3 Å². The Morgan fingerprint density at radius 2 is 0.789 bits per heavy atom. The molecule has 18 nitrogen and oxygen atoms in total. The number of carbonyl (C=O) groups excluding carboxylic acids is 3. The summed E-state index contributed by atoms with van der Waals surface area (Å²) in [4.78, 5) is 43.2. The summed E-state index contributed by atoms with van der Waals surface area (Å²) >= 11 is 0. The monoisotopic (exact) mass is 1310 g/mol. The fraction of sp³-hybridized carbons (Fsp3) is 0.708. The molecule has 3 aromatic rings. The molecular weight excluding hydrogens is 1140 g/mol. The number of ether oxygens (including phenoxy) is 9. The standard InChI is InChI=1S/3C24H38N2O4/c3*1-14(2)9-17-13-26-8-7-16-10-21(28-5)22(29-6)11-18(16)19(26)12-20(17)30-24(27)23(25)15(3)4/h3*10-11,14-15,17,19-20,23H,7-9,12-13,25H2,1-6H3/t3*17?,19?,20?,23-/m000/s1/i3D3,4D3,5D3,10D,11D,12D2,13D2,15D,17D,19D,23D;3D3,4D3,10D,11D,12D2,13D2,15D,17D,19D,23D;3D3,4D3,5D3,10D,11D,12D2,13D2,15D,17D,23D. The molecule has 3 fully saturated rings. The lowest BCUT2D eigenvalue weighted by molar-refractivity contribution is -0.161. The second kappa shape index (κ2) is 32.5. The van der Waals surface area contributed by atoms with Gasteiger partial charge in [-0.3, -0.25) is 29.1 Å². The van der Waals surface area contributed by atoms with Crippen LogP contribution in [-0.2, 0) is 47.9 Å². The molecular formula is C72H114N6O12. The van der Waals surface area contributed by atoms with E-state index in [9.17, 15) is 32.2 Å². The number of benzene rings is 3. The molecule has 0 spiro atoms. The van der Waals surface area contributed by atoms with Gasteiger partial charge in [0.15, 0.2) is 34.5 Å². The zero-order chi connectivity index (χ0) is 112. The van der Waals surface area contributed by atoms with Gasteiger partial charge in [0.25, 0.3) is 0 Å². The van der Waals surface area contributed by atoms with Crippen molar-refractivity contribution >= 4 is 17.9 Å². The van der Waals surface area contributed by atoms with E-state index in [0.29, 0.717) is 9.80 Å². The summed E-state index contributed by atoms with van der Waals surface area (Å²) in [5, 5.41) is 0. The van der Waals surface area contributed by atoms with Crippen LogP contribution < -0.4 is 45.6 Å². The summed E-state index contributed by atoms with van der Waals surface area (Å²) in [6.07, 6.45) is -20.7. The van der Waals surface area contributed by atoms with Gasteiger partial charge < -0.3 is 59.8 Å². The molecule has 6 heterocycles. The molecule has 0 aromatic heterocycles. The predicted molar refractivity (Wildman–Crippen MR) is 353 cm³/mol. The summed E-state index contributed by atoms with van der Waals surface area (Å²) in [6, 6.07) is -24.1. The zero-order valence-electron chi connectivity index (χ0n) is 104. The number of methoxy groups -OCH3 is 6. The number of hydrogen-bond acceptors (Lipinski definition) is 18. The van der Waals surface area contributed by atoms with Gasteiger partial charge in [0.2, 0.25) is 0 Å². The Labute approximate surface area is 613 Å². The fourth-order valence-electron chi connectivity index (χ4n) is 10.00. The second-order valence-electron chi connectivity index (χ2n) is 22.1. The Morgan fingerprint density at radius 3 is 1.12 bits per heavy atom. The number of hydrogen-bond donors (Lipinski definition) is 3. The molecule has 18 heteroatoms. The molecule has 0 amide bonds. The molecule has 12 atom stereocenters. The molecule has 504 valence electrons. The lowest BCUT2D eigenvalue weighted by Crippen LogP contribution is -2.51. The Kier molecular flexibility index (Phi) is 10.3. The van der Waals surface area contributed by atoms with Gasteiger partial charge in [0, 0.05) is 143 Å². The Morgan fingerprint density at radius 1 is 0.489 bits per heavy atom. The molecule has 0 aliphatic carbocycles. The summed E-state index contributed by atoms with van der Waals surface area (Å²) in [6.45, 7) is -24.9. The van der Waals surface area contributed by atoms with E-state index in [1.165, 1.54) is 21.0 Å². The molecule has 0 saturated carbocycles. The minimum Gasteiger partial charge on any atom is -0.493 e. The van der Waals surface area contributed by atoms with Crippen LogP contribution in [0.3, 0.4) is 0 Å². The van der Waals surface area contributed by atoms with Gasteiger partial charge in [0.1, 0.15) is 36.4 Å². The first-order valence-electron chi connectivity index (χ1n) is 54.8. The first-order valence-corrected chi connectivity index (χ1v) is 28.3. The van der Waals surface area contributed by atoms with Crippen LogP contribution >= 0.6 is 0 Å². The van der Waals surface area contributed by atoms with Gasteiger partial charge in [-0.25, -0.2) is 0 Å². The van der Waals surface area contributed by atoms with Crippen molar-refractivity contribution in [3.8, 4) is 34.5 Å². The molecule has 0 bridgehead atoms. The summed E-state index contributed by atoms with van der Waals surface area (Å²) in [5.74, 6) is -32.6. The van der Waals surface area contributed by atoms with E-state index in [4.69, 9.17) is 115 Å². The third-order valence-corrected chi connectivity index (χ3v) is 14.1. The molecule has 3 aromatic carbocycles. The van der Waals surface area contributed by atoms with Gasteiger partial charge in [-0.2, -0.15) is 0 Å². The van der Waals surface area contributed by atoms with Crippen molar-refractivity contribution in [1.29, 1.82) is 0 Å². The van der Waals surface area contributed by atoms with E-state index in [-0.39, 0.29) is 65.6 Å². The second-order valence-corrected chi connectivity index (χ2v) is 22.1. The Bertz CT molecular complexity index is 5240. The van der Waals surface area contributed by atoms with Crippen molar-refractivity contribution in [2.75, 3.05) is 81.6 Å². The van der Waals surface area contributed by atoms with Crippen molar-refractivity contribution < 1.29 is 130 Å². The van der Waals surface area contributed by atoms with Crippen molar-refractivity contribution in [3.05, 3.63) is 69.6 Å². The molecule has 6 aliphatic heterocycles. The van der Waals surface area contributed by atoms with E-state index in [1.54, 1.807) is 27.7 Å². The normalized spacial score (nSPS) is 43.5. The van der Waals surface area contributed by atoms with Crippen LogP contribution in [0.5, 0.6) is 34.5 Å². The highest BCUT2D eigenvalue weighted by molar-refractivity contribution is 5.77. The third kappa shape index (κ3) is 17.5. The Hall–Kier alpha value is -5.37. The van der Waals surface area contributed by atoms with Crippen LogP contribution in [0.2, 0.25) is 0 Å². The zero-order valence-corrected chi connectivity index (χ0v) is 51.4. The van der Waals surface area contributed by atoms with Crippen LogP contribution in [0.25, 0.3) is 0 Å². The SMILES string of the molecule is [2H]c1c2c(c([2H])c(OC)c1OC([2H])([2H])[2H])C1([2H])N(CC2)C([2H])([2H])C([2H])(CC(C)C)C(OC(=O)[C@@]([2H])(N)C([2H])(C([2H])([2H])[2H])C([2H])([2H])[2H])C1([2H])[2H].[2H]c1c2c(c([2H])c(OC)c1OC([2H])([2H])[2H])C1N(CC2)C([2H])([2H])C([2H])(CC(C)C)C(OC(=O)[C@@]([2H])(N)C([2H])(C([2H])([2H])[2H])C([2H])([2H])[2H])C1([2H])[2H].[2H]c1c2c(c([2H])c(OC)c1OC)C1([2H])N(CC2)C([2H])([2H])C([2H])(CC(C)C)C(OC(=O)[C@@]([2H])(N)C([2H])(C([2H])([2H])[2H])C([2H])([2H])[2H])C1([2H])[2H]. The Balaban J connectivity index is 0.000000291. The van der Waals surface area contributed by atoms with Gasteiger partial charge in [0.05, 0.1) is 65.8 Å². The number of nitrogens with two attached hydrogens (primary N) is 3. The van der Waals surface area contributed by atoms with Crippen LogP contribution in [0, 0.1) is 53.1 Å². The smallest absolute Gasteiger partial charge is 0.323 e. The highest BCUT2D eigenvalue weighted by Crippen LogP contribution is 2.48. The highest BCUT2D eigenvalue weighted by atomic mass is 16.6. The van der Waals surface area contributed by atoms with E-state index in [2.05, 4.69) is 0 Å². The lowest BCUT2D eigenvalue weighted by atomic mass is 9.79. The number of fused-ring (bicyclic) bond motifs is 9. The maximum Gasteiger partial charge on any atom is 0.323 e. The number of carbonyl (C=O) groups is 3. The number of piperidine rings is 3. The molecule has 3 saturated heterocycles. The van der Waals surface area contributed by atoms with Crippen LogP contribution in [-0.4, -0.2) is 151 Å². The van der Waals surface area contributed by atoms with E-state index in [0.717, 1.165) is 26.2 Å². The predicted octanol–water partition coefficient (Wildman–Crippen LogP) is 10.7. The third-order valence-electron chi connectivity index (χ3n) is 14.1. The maximum atomic E-state index is 13.7. The van der Waals surface area contributed by atoms with Crippen molar-refractivity contribution in [2.24, 2.45) is 70.3 Å². The van der Waals surface area contributed by atoms with Gasteiger partial charge in [-0.05, 0) is 144 Å². The largest absolute Gasteiger partial charge is 0.493 e. The van der Waals surface area contributed by atoms with E-state index in [1.807, 2.05) is 0 Å². The van der Waals surface area contributed by atoms with E-state index >= 15 is 0 Å². The highest BCUT2D eigenvalue weighted by Gasteiger charge is 2.45. The first-order chi connectivity index (χ1) is 63.4. The topological polar surface area (TPSA) is 222 Å². The van der Waals surface area contributed by atoms with Gasteiger partial charge in [-0.1, -0.05) is 82.7 Å². The molecule has 6 aliphatic rings.